The standard InChI is InChI=1S/C10H17NO3.ClH/c1-6(2)5-8(11)10(13)14-9(12)7(3)4;/h6,8H,3,5,11H2,1-2,4H3;1H/t8-;/m1./s1. The molecule has 0 rings (SSSR count). The third-order valence-electron chi connectivity index (χ3n) is 1.57. The van der Waals surface area contributed by atoms with Gasteiger partial charge in [-0.05, 0) is 19.3 Å². The van der Waals surface area contributed by atoms with Crippen molar-refractivity contribution in [2.45, 2.75) is 33.2 Å². The van der Waals surface area contributed by atoms with E-state index in [0.29, 0.717) is 6.42 Å². The van der Waals surface area contributed by atoms with Crippen molar-refractivity contribution in [2.75, 3.05) is 0 Å². The summed E-state index contributed by atoms with van der Waals surface area (Å²) >= 11 is 0. The second kappa shape index (κ2) is 7.43. The van der Waals surface area contributed by atoms with Crippen LogP contribution in [-0.4, -0.2) is 18.0 Å². The Labute approximate surface area is 96.3 Å². The van der Waals surface area contributed by atoms with Gasteiger partial charge in [0.05, 0.1) is 0 Å². The number of carbonyl (C=O) groups excluding carboxylic acids is 2. The largest absolute Gasteiger partial charge is 0.389 e. The first-order valence-corrected chi connectivity index (χ1v) is 4.51. The maximum atomic E-state index is 11.2. The molecule has 0 radical (unpaired) electrons. The van der Waals surface area contributed by atoms with Crippen LogP contribution in [0.25, 0.3) is 0 Å². The zero-order valence-electron chi connectivity index (χ0n) is 9.28. The van der Waals surface area contributed by atoms with E-state index in [1.807, 2.05) is 13.8 Å². The van der Waals surface area contributed by atoms with E-state index >= 15 is 0 Å². The summed E-state index contributed by atoms with van der Waals surface area (Å²) in [5.74, 6) is -1.11. The Bertz CT molecular complexity index is 251. The van der Waals surface area contributed by atoms with Crippen LogP contribution in [0, 0.1) is 5.92 Å². The smallest absolute Gasteiger partial charge is 0.340 e. The first-order chi connectivity index (χ1) is 6.34. The highest BCUT2D eigenvalue weighted by Crippen LogP contribution is 2.05. The lowest BCUT2D eigenvalue weighted by Crippen LogP contribution is -2.35. The minimum absolute atomic E-state index is 0. The molecule has 5 heteroatoms. The Balaban J connectivity index is 0. The molecule has 0 spiro atoms. The van der Waals surface area contributed by atoms with Gasteiger partial charge in [0.1, 0.15) is 6.04 Å². The monoisotopic (exact) mass is 235 g/mol. The normalized spacial score (nSPS) is 11.5. The third kappa shape index (κ3) is 7.11. The van der Waals surface area contributed by atoms with Gasteiger partial charge in [-0.25, -0.2) is 9.59 Å². The molecule has 0 unspecified atom stereocenters. The molecule has 0 aromatic heterocycles. The van der Waals surface area contributed by atoms with E-state index < -0.39 is 18.0 Å². The second-order valence-corrected chi connectivity index (χ2v) is 3.72. The maximum absolute atomic E-state index is 11.2. The van der Waals surface area contributed by atoms with Crippen molar-refractivity contribution < 1.29 is 14.3 Å². The highest BCUT2D eigenvalue weighted by molar-refractivity contribution is 5.96. The number of hydrogen-bond donors (Lipinski definition) is 1. The van der Waals surface area contributed by atoms with Gasteiger partial charge in [-0.1, -0.05) is 20.4 Å². The molecule has 0 aliphatic carbocycles. The van der Waals surface area contributed by atoms with Crippen molar-refractivity contribution >= 4 is 24.3 Å². The van der Waals surface area contributed by atoms with Gasteiger partial charge >= 0.3 is 11.9 Å². The lowest BCUT2D eigenvalue weighted by atomic mass is 10.1. The molecule has 0 bridgehead atoms. The lowest BCUT2D eigenvalue weighted by Gasteiger charge is -2.11. The first kappa shape index (κ1) is 16.6. The molecule has 0 saturated heterocycles. The SMILES string of the molecule is C=C(C)C(=O)OC(=O)[C@H](N)CC(C)C.Cl. The summed E-state index contributed by atoms with van der Waals surface area (Å²) < 4.78 is 4.47. The Morgan fingerprint density at radius 1 is 1.40 bits per heavy atom. The summed E-state index contributed by atoms with van der Waals surface area (Å²) in [6.07, 6.45) is 0.502. The minimum atomic E-state index is -0.738. The Kier molecular flexibility index (Phi) is 8.20. The highest BCUT2D eigenvalue weighted by Gasteiger charge is 2.19. The number of rotatable bonds is 4. The van der Waals surface area contributed by atoms with E-state index in [-0.39, 0.29) is 23.9 Å². The van der Waals surface area contributed by atoms with Crippen LogP contribution in [0.2, 0.25) is 0 Å². The molecular formula is C10H18ClNO3. The summed E-state index contributed by atoms with van der Waals surface area (Å²) in [6, 6.07) is -0.738. The molecule has 0 heterocycles. The van der Waals surface area contributed by atoms with Crippen LogP contribution in [0.4, 0.5) is 0 Å². The summed E-state index contributed by atoms with van der Waals surface area (Å²) in [7, 11) is 0. The fourth-order valence-corrected chi connectivity index (χ4v) is 0.858. The summed E-state index contributed by atoms with van der Waals surface area (Å²) in [4.78, 5) is 22.1. The van der Waals surface area contributed by atoms with Crippen LogP contribution in [-0.2, 0) is 14.3 Å². The van der Waals surface area contributed by atoms with Gasteiger partial charge in [0.25, 0.3) is 0 Å². The molecule has 0 aromatic rings. The molecule has 0 aliphatic heterocycles. The van der Waals surface area contributed by atoms with Gasteiger partial charge in [0.15, 0.2) is 0 Å². The van der Waals surface area contributed by atoms with Gasteiger partial charge in [0, 0.05) is 5.57 Å². The van der Waals surface area contributed by atoms with Crippen LogP contribution in [0.3, 0.4) is 0 Å². The van der Waals surface area contributed by atoms with E-state index in [4.69, 9.17) is 5.73 Å². The quantitative estimate of drug-likeness (QED) is 0.455. The minimum Gasteiger partial charge on any atom is -0.389 e. The van der Waals surface area contributed by atoms with E-state index in [9.17, 15) is 9.59 Å². The van der Waals surface area contributed by atoms with E-state index in [1.165, 1.54) is 6.92 Å². The van der Waals surface area contributed by atoms with Crippen molar-refractivity contribution in [3.05, 3.63) is 12.2 Å². The Hall–Kier alpha value is -0.870. The van der Waals surface area contributed by atoms with Gasteiger partial charge < -0.3 is 10.5 Å². The Morgan fingerprint density at radius 3 is 2.20 bits per heavy atom. The third-order valence-corrected chi connectivity index (χ3v) is 1.57. The number of esters is 2. The number of nitrogens with two attached hydrogens (primary N) is 1. The van der Waals surface area contributed by atoms with Crippen molar-refractivity contribution in [1.82, 2.24) is 0 Å². The molecule has 0 aliphatic rings. The first-order valence-electron chi connectivity index (χ1n) is 4.51. The molecule has 15 heavy (non-hydrogen) atoms. The molecular weight excluding hydrogens is 218 g/mol. The van der Waals surface area contributed by atoms with E-state index in [0.717, 1.165) is 0 Å². The number of carbonyl (C=O) groups is 2. The van der Waals surface area contributed by atoms with Gasteiger partial charge in [-0.3, -0.25) is 0 Å². The fourth-order valence-electron chi connectivity index (χ4n) is 0.858. The van der Waals surface area contributed by atoms with Crippen LogP contribution in [0.15, 0.2) is 12.2 Å². The Morgan fingerprint density at radius 2 is 1.87 bits per heavy atom. The predicted molar refractivity (Wildman–Crippen MR) is 60.6 cm³/mol. The van der Waals surface area contributed by atoms with E-state index in [2.05, 4.69) is 11.3 Å². The zero-order chi connectivity index (χ0) is 11.3. The topological polar surface area (TPSA) is 69.4 Å². The average molecular weight is 236 g/mol. The summed E-state index contributed by atoms with van der Waals surface area (Å²) in [5, 5.41) is 0. The van der Waals surface area contributed by atoms with Crippen LogP contribution >= 0.6 is 12.4 Å². The van der Waals surface area contributed by atoms with Crippen molar-refractivity contribution in [3.8, 4) is 0 Å². The average Bonchev–Trinajstić information content (AvgIpc) is 2.02. The maximum Gasteiger partial charge on any atom is 0.340 e. The molecule has 0 aromatic carbocycles. The van der Waals surface area contributed by atoms with Crippen molar-refractivity contribution in [1.29, 1.82) is 0 Å². The molecule has 0 amide bonds. The fraction of sp³-hybridized carbons (Fsp3) is 0.600. The molecule has 1 atom stereocenters. The van der Waals surface area contributed by atoms with Crippen LogP contribution in [0.5, 0.6) is 0 Å². The number of hydrogen-bond acceptors (Lipinski definition) is 4. The van der Waals surface area contributed by atoms with Crippen molar-refractivity contribution in [3.63, 3.8) is 0 Å². The van der Waals surface area contributed by atoms with E-state index in [1.54, 1.807) is 0 Å². The van der Waals surface area contributed by atoms with Crippen LogP contribution < -0.4 is 5.73 Å². The van der Waals surface area contributed by atoms with Crippen LogP contribution in [0.1, 0.15) is 27.2 Å². The number of halogens is 1. The van der Waals surface area contributed by atoms with Gasteiger partial charge in [-0.2, -0.15) is 0 Å². The van der Waals surface area contributed by atoms with Gasteiger partial charge in [0.2, 0.25) is 0 Å². The predicted octanol–water partition coefficient (Wildman–Crippen LogP) is 1.43. The van der Waals surface area contributed by atoms with Gasteiger partial charge in [-0.15, -0.1) is 12.4 Å². The second-order valence-electron chi connectivity index (χ2n) is 3.72. The summed E-state index contributed by atoms with van der Waals surface area (Å²) in [6.45, 7) is 8.71. The molecule has 4 nitrogen and oxygen atoms in total. The number of ether oxygens (including phenoxy) is 1. The molecule has 88 valence electrons. The lowest BCUT2D eigenvalue weighted by molar-refractivity contribution is -0.158. The molecule has 2 N–H and O–H groups in total. The van der Waals surface area contributed by atoms with Crippen molar-refractivity contribution in [2.24, 2.45) is 11.7 Å². The summed E-state index contributed by atoms with van der Waals surface area (Å²) in [5.41, 5.74) is 5.70. The molecule has 0 saturated carbocycles. The molecule has 0 fully saturated rings. The zero-order valence-corrected chi connectivity index (χ0v) is 10.1. The highest BCUT2D eigenvalue weighted by atomic mass is 35.5.